The Morgan fingerprint density at radius 2 is 1.07 bits per heavy atom. The number of hydrogen-bond donors (Lipinski definition) is 0. The molecule has 0 unspecified atom stereocenters. The minimum Gasteiger partial charge on any atom is -0.274 e. The Morgan fingerprint density at radius 3 is 1.40 bits per heavy atom. The van der Waals surface area contributed by atoms with E-state index < -0.39 is 24.9 Å². The van der Waals surface area contributed by atoms with E-state index >= 15 is 0 Å². The molecule has 2 saturated heterocycles. The van der Waals surface area contributed by atoms with Crippen molar-refractivity contribution in [3.8, 4) is 0 Å². The lowest BCUT2D eigenvalue weighted by Gasteiger charge is -2.50. The molecule has 2 fully saturated rings. The van der Waals surface area contributed by atoms with Crippen LogP contribution in [0.5, 0.6) is 0 Å². The fourth-order valence-corrected chi connectivity index (χ4v) is 7.53. The molecule has 2 aromatic rings. The van der Waals surface area contributed by atoms with Gasteiger partial charge in [0.05, 0.1) is 28.0 Å². The quantitative estimate of drug-likeness (QED) is 0.641. The summed E-state index contributed by atoms with van der Waals surface area (Å²) < 4.78 is 55.1. The van der Waals surface area contributed by atoms with Crippen molar-refractivity contribution < 1.29 is 16.8 Å². The van der Waals surface area contributed by atoms with Crippen molar-refractivity contribution in [1.82, 2.24) is 13.5 Å². The summed E-state index contributed by atoms with van der Waals surface area (Å²) >= 11 is 6.78. The molecule has 7 nitrogen and oxygen atoms in total. The maximum absolute atomic E-state index is 13.1. The lowest BCUT2D eigenvalue weighted by atomic mass is 10.1. The van der Waals surface area contributed by atoms with Crippen LogP contribution in [0.4, 0.5) is 0 Å². The molecule has 162 valence electrons. The van der Waals surface area contributed by atoms with E-state index in [9.17, 15) is 16.8 Å². The SMILES string of the molecule is Cc1ccc(S(=O)(=O)N2CN3CN(S(=O)(=O)c4ccc(C)cc4)CC(Cl)(C3)C2)cc1. The second-order valence-electron chi connectivity index (χ2n) is 8.12. The molecule has 0 spiro atoms. The first-order valence-corrected chi connectivity index (χ1v) is 12.8. The molecular weight excluding hydrogens is 446 g/mol. The largest absolute Gasteiger partial charge is 0.274 e. The van der Waals surface area contributed by atoms with Crippen LogP contribution in [0, 0.1) is 13.8 Å². The molecule has 2 bridgehead atoms. The first kappa shape index (κ1) is 21.7. The van der Waals surface area contributed by atoms with Crippen molar-refractivity contribution in [2.24, 2.45) is 0 Å². The van der Waals surface area contributed by atoms with Gasteiger partial charge >= 0.3 is 0 Å². The monoisotopic (exact) mass is 469 g/mol. The second-order valence-corrected chi connectivity index (χ2v) is 12.8. The van der Waals surface area contributed by atoms with E-state index in [1.165, 1.54) is 8.61 Å². The second kappa shape index (κ2) is 7.58. The number of nitrogens with zero attached hydrogens (tertiary/aromatic N) is 3. The Hall–Kier alpha value is -1.49. The minimum atomic E-state index is -3.73. The van der Waals surface area contributed by atoms with Gasteiger partial charge in [-0.25, -0.2) is 16.8 Å². The molecule has 0 N–H and O–H groups in total. The van der Waals surface area contributed by atoms with Crippen molar-refractivity contribution in [2.75, 3.05) is 33.0 Å². The Kier molecular flexibility index (Phi) is 5.49. The summed E-state index contributed by atoms with van der Waals surface area (Å²) in [6.07, 6.45) is 0. The molecule has 30 heavy (non-hydrogen) atoms. The molecule has 0 aliphatic carbocycles. The van der Waals surface area contributed by atoms with Crippen LogP contribution in [0.3, 0.4) is 0 Å². The highest BCUT2D eigenvalue weighted by atomic mass is 35.5. The van der Waals surface area contributed by atoms with Gasteiger partial charge in [-0.3, -0.25) is 4.90 Å². The van der Waals surface area contributed by atoms with E-state index in [0.717, 1.165) is 11.1 Å². The number of aryl methyl sites for hydroxylation is 2. The van der Waals surface area contributed by atoms with E-state index in [1.54, 1.807) is 53.4 Å². The Balaban J connectivity index is 1.58. The summed E-state index contributed by atoms with van der Waals surface area (Å²) in [6, 6.07) is 13.3. The van der Waals surface area contributed by atoms with Crippen molar-refractivity contribution in [1.29, 1.82) is 0 Å². The van der Waals surface area contributed by atoms with Gasteiger partial charge < -0.3 is 0 Å². The number of hydrogen-bond acceptors (Lipinski definition) is 5. The molecule has 2 heterocycles. The van der Waals surface area contributed by atoms with Gasteiger partial charge in [-0.2, -0.15) is 8.61 Å². The van der Waals surface area contributed by atoms with Crippen LogP contribution in [0.25, 0.3) is 0 Å². The number of sulfonamides is 2. The third kappa shape index (κ3) is 4.02. The third-order valence-electron chi connectivity index (χ3n) is 5.46. The van der Waals surface area contributed by atoms with Crippen molar-refractivity contribution in [3.63, 3.8) is 0 Å². The van der Waals surface area contributed by atoms with Gasteiger partial charge in [0.1, 0.15) is 0 Å². The van der Waals surface area contributed by atoms with Gasteiger partial charge in [-0.15, -0.1) is 11.6 Å². The summed E-state index contributed by atoms with van der Waals surface area (Å²) in [5.41, 5.74) is 1.94. The molecule has 0 atom stereocenters. The van der Waals surface area contributed by atoms with Crippen molar-refractivity contribution in [2.45, 2.75) is 28.5 Å². The zero-order chi connectivity index (χ0) is 21.7. The highest BCUT2D eigenvalue weighted by Crippen LogP contribution is 2.34. The highest BCUT2D eigenvalue weighted by Gasteiger charge is 2.49. The number of halogens is 1. The lowest BCUT2D eigenvalue weighted by molar-refractivity contribution is 0.0335. The summed E-state index contributed by atoms with van der Waals surface area (Å²) in [7, 11) is -7.46. The maximum atomic E-state index is 13.1. The molecule has 0 saturated carbocycles. The lowest BCUT2D eigenvalue weighted by Crippen LogP contribution is -2.68. The van der Waals surface area contributed by atoms with Crippen molar-refractivity contribution in [3.05, 3.63) is 59.7 Å². The third-order valence-corrected chi connectivity index (χ3v) is 9.40. The molecule has 2 aliphatic rings. The van der Waals surface area contributed by atoms with Crippen LogP contribution in [0.15, 0.2) is 58.3 Å². The minimum absolute atomic E-state index is 0.0428. The average molecular weight is 470 g/mol. The molecule has 10 heteroatoms. The van der Waals surface area contributed by atoms with Crippen LogP contribution in [0.2, 0.25) is 0 Å². The smallest absolute Gasteiger partial charge is 0.244 e. The highest BCUT2D eigenvalue weighted by molar-refractivity contribution is 7.89. The molecule has 4 rings (SSSR count). The first-order chi connectivity index (χ1) is 14.0. The molecule has 2 aliphatic heterocycles. The van der Waals surface area contributed by atoms with Gasteiger partial charge in [-0.05, 0) is 38.1 Å². The Bertz CT molecular complexity index is 1060. The standard InChI is InChI=1S/C20H24ClN3O4S2/c1-16-3-7-18(8-4-16)29(25,26)23-12-20(21)11-22(14-23)15-24(13-20)30(27,28)19-9-5-17(2)6-10-19/h3-10H,11-15H2,1-2H3. The van der Waals surface area contributed by atoms with E-state index in [2.05, 4.69) is 0 Å². The van der Waals surface area contributed by atoms with Gasteiger partial charge in [-0.1, -0.05) is 35.4 Å². The number of benzene rings is 2. The zero-order valence-electron chi connectivity index (χ0n) is 16.8. The molecule has 0 aromatic heterocycles. The maximum Gasteiger partial charge on any atom is 0.244 e. The summed E-state index contributed by atoms with van der Waals surface area (Å²) in [5, 5.41) is 0. The van der Waals surface area contributed by atoms with Crippen LogP contribution in [-0.2, 0) is 20.0 Å². The van der Waals surface area contributed by atoms with Gasteiger partial charge in [0.2, 0.25) is 20.0 Å². The van der Waals surface area contributed by atoms with Crippen LogP contribution >= 0.6 is 11.6 Å². The predicted molar refractivity (Wildman–Crippen MR) is 115 cm³/mol. The van der Waals surface area contributed by atoms with Crippen LogP contribution < -0.4 is 0 Å². The summed E-state index contributed by atoms with van der Waals surface area (Å²) in [5.74, 6) is 0. The van der Waals surface area contributed by atoms with E-state index in [-0.39, 0.29) is 36.2 Å². The number of fused-ring (bicyclic) bond motifs is 2. The summed E-state index contributed by atoms with van der Waals surface area (Å²) in [6.45, 7) is 4.47. The van der Waals surface area contributed by atoms with Gasteiger partial charge in [0, 0.05) is 19.6 Å². The fraction of sp³-hybridized carbons (Fsp3) is 0.400. The topological polar surface area (TPSA) is 78.0 Å². The Labute approximate surface area is 183 Å². The van der Waals surface area contributed by atoms with Crippen molar-refractivity contribution >= 4 is 31.6 Å². The zero-order valence-corrected chi connectivity index (χ0v) is 19.2. The van der Waals surface area contributed by atoms with E-state index in [1.807, 2.05) is 13.8 Å². The normalized spacial score (nSPS) is 25.9. The molecule has 0 radical (unpaired) electrons. The van der Waals surface area contributed by atoms with E-state index in [0.29, 0.717) is 6.54 Å². The summed E-state index contributed by atoms with van der Waals surface area (Å²) in [4.78, 5) is 1.15. The van der Waals surface area contributed by atoms with Gasteiger partial charge in [0.15, 0.2) is 0 Å². The molecule has 0 amide bonds. The Morgan fingerprint density at radius 1 is 0.700 bits per heavy atom. The van der Waals surface area contributed by atoms with Crippen LogP contribution in [0.1, 0.15) is 11.1 Å². The molecular formula is C20H24ClN3O4S2. The number of alkyl halides is 1. The fourth-order valence-electron chi connectivity index (χ4n) is 3.91. The van der Waals surface area contributed by atoms with Gasteiger partial charge in [0.25, 0.3) is 0 Å². The molecule has 2 aromatic carbocycles. The predicted octanol–water partition coefficient (Wildman–Crippen LogP) is 2.21. The van der Waals surface area contributed by atoms with Crippen LogP contribution in [-0.4, -0.2) is 68.2 Å². The van der Waals surface area contributed by atoms with E-state index in [4.69, 9.17) is 11.6 Å². The number of rotatable bonds is 4. The first-order valence-electron chi connectivity index (χ1n) is 9.55. The average Bonchev–Trinajstić information content (AvgIpc) is 2.67.